The highest BCUT2D eigenvalue weighted by Gasteiger charge is 2.76. The van der Waals surface area contributed by atoms with Gasteiger partial charge in [0, 0.05) is 0 Å². The fourth-order valence-corrected chi connectivity index (χ4v) is 2.67. The van der Waals surface area contributed by atoms with Crippen LogP contribution in [0.4, 0.5) is 35.1 Å². The van der Waals surface area contributed by atoms with Gasteiger partial charge in [-0.15, -0.1) is 0 Å². The predicted molar refractivity (Wildman–Crippen MR) is 51.9 cm³/mol. The lowest BCUT2D eigenvalue weighted by Crippen LogP contribution is -2.64. The minimum Gasteiger partial charge on any atom is -0.246 e. The summed E-state index contributed by atoms with van der Waals surface area (Å²) in [7, 11) is 0. The Morgan fingerprint density at radius 1 is 1.05 bits per heavy atom. The summed E-state index contributed by atoms with van der Waals surface area (Å²) in [4.78, 5) is 0. The summed E-state index contributed by atoms with van der Waals surface area (Å²) in [5.41, 5.74) is -3.66. The topological polar surface area (TPSA) is 0 Å². The van der Waals surface area contributed by atoms with E-state index in [9.17, 15) is 35.1 Å². The molecule has 8 heteroatoms. The van der Waals surface area contributed by atoms with Gasteiger partial charge in [-0.2, -0.15) is 13.2 Å². The van der Waals surface area contributed by atoms with E-state index in [1.807, 2.05) is 0 Å². The molecule has 0 amide bonds. The molecule has 0 aromatic heterocycles. The van der Waals surface area contributed by atoms with Gasteiger partial charge in [0.15, 0.2) is 0 Å². The van der Waals surface area contributed by atoms with E-state index in [0.29, 0.717) is 0 Å². The zero-order chi connectivity index (χ0) is 15.4. The van der Waals surface area contributed by atoms with Crippen LogP contribution in [0.3, 0.4) is 0 Å². The van der Waals surface area contributed by atoms with Crippen LogP contribution in [-0.4, -0.2) is 24.2 Å². The van der Waals surface area contributed by atoms with E-state index in [1.165, 1.54) is 0 Å². The summed E-state index contributed by atoms with van der Waals surface area (Å²) < 4.78 is 106. The fraction of sp³-hybridized carbons (Fsp3) is 1.00. The molecule has 0 aromatic carbocycles. The molecule has 0 radical (unpaired) electrons. The second kappa shape index (κ2) is 4.22. The van der Waals surface area contributed by atoms with Crippen molar-refractivity contribution in [2.75, 3.05) is 0 Å². The second-order valence-corrected chi connectivity index (χ2v) is 5.51. The summed E-state index contributed by atoms with van der Waals surface area (Å²) in [5.74, 6) is -13.9. The van der Waals surface area contributed by atoms with Crippen molar-refractivity contribution in [1.29, 1.82) is 0 Å². The molecule has 4 unspecified atom stereocenters. The molecule has 0 aromatic rings. The monoisotopic (exact) mass is 298 g/mol. The highest BCUT2D eigenvalue weighted by Crippen LogP contribution is 2.63. The fourth-order valence-electron chi connectivity index (χ4n) is 2.67. The van der Waals surface area contributed by atoms with E-state index in [2.05, 4.69) is 0 Å². The number of alkyl halides is 8. The van der Waals surface area contributed by atoms with Gasteiger partial charge in [-0.05, 0) is 26.2 Å². The summed E-state index contributed by atoms with van der Waals surface area (Å²) in [5, 5.41) is 0. The zero-order valence-electron chi connectivity index (χ0n) is 10.5. The first-order valence-electron chi connectivity index (χ1n) is 5.62. The first-order valence-corrected chi connectivity index (χ1v) is 5.62. The van der Waals surface area contributed by atoms with Gasteiger partial charge in [0.25, 0.3) is 11.8 Å². The van der Waals surface area contributed by atoms with E-state index in [4.69, 9.17) is 0 Å². The molecule has 0 aliphatic heterocycles. The van der Waals surface area contributed by atoms with Crippen molar-refractivity contribution in [2.24, 2.45) is 17.3 Å². The Morgan fingerprint density at radius 2 is 1.47 bits per heavy atom. The Balaban J connectivity index is 3.41. The van der Waals surface area contributed by atoms with Crippen molar-refractivity contribution in [3.05, 3.63) is 0 Å². The van der Waals surface area contributed by atoms with Crippen LogP contribution < -0.4 is 0 Å². The molecule has 4 atom stereocenters. The van der Waals surface area contributed by atoms with Gasteiger partial charge in [-0.25, -0.2) is 22.0 Å². The SMILES string of the molecule is CC1CC(C)(C(F)(F)F)C(F)(F)C(C(C)(F)F)C1F. The van der Waals surface area contributed by atoms with Crippen LogP contribution in [0.5, 0.6) is 0 Å². The lowest BCUT2D eigenvalue weighted by molar-refractivity contribution is -0.353. The van der Waals surface area contributed by atoms with Crippen molar-refractivity contribution in [3.63, 3.8) is 0 Å². The molecule has 0 N–H and O–H groups in total. The quantitative estimate of drug-likeness (QED) is 0.608. The van der Waals surface area contributed by atoms with Gasteiger partial charge in [0.2, 0.25) is 0 Å². The molecular weight excluding hydrogens is 284 g/mol. The highest BCUT2D eigenvalue weighted by molar-refractivity contribution is 5.09. The third kappa shape index (κ3) is 2.31. The van der Waals surface area contributed by atoms with Crippen LogP contribution in [0.2, 0.25) is 0 Å². The van der Waals surface area contributed by atoms with Crippen LogP contribution >= 0.6 is 0 Å². The molecule has 1 aliphatic rings. The van der Waals surface area contributed by atoms with E-state index < -0.39 is 47.9 Å². The standard InChI is InChI=1S/C11H14F8/c1-5-4-8(2,11(17,18)19)10(15,16)7(6(5)12)9(3,13)14/h5-7H,4H2,1-3H3. The van der Waals surface area contributed by atoms with Gasteiger partial charge in [-0.1, -0.05) is 6.92 Å². The molecule has 1 saturated carbocycles. The number of hydrogen-bond acceptors (Lipinski definition) is 0. The Hall–Kier alpha value is -0.560. The summed E-state index contributed by atoms with van der Waals surface area (Å²) in [6, 6.07) is 0. The minimum atomic E-state index is -5.39. The van der Waals surface area contributed by atoms with Crippen LogP contribution in [-0.2, 0) is 0 Å². The highest BCUT2D eigenvalue weighted by atomic mass is 19.4. The first-order chi connectivity index (χ1) is 8.16. The number of halogens is 8. The van der Waals surface area contributed by atoms with Crippen LogP contribution in [0.25, 0.3) is 0 Å². The molecule has 19 heavy (non-hydrogen) atoms. The first kappa shape index (κ1) is 16.5. The maximum atomic E-state index is 13.9. The molecule has 0 heterocycles. The molecule has 1 rings (SSSR count). The number of rotatable bonds is 1. The lowest BCUT2D eigenvalue weighted by atomic mass is 9.61. The summed E-state index contributed by atoms with van der Waals surface area (Å²) in [6.07, 6.45) is -9.31. The predicted octanol–water partition coefficient (Wildman–Crippen LogP) is 4.84. The Kier molecular flexibility index (Phi) is 3.66. The maximum absolute atomic E-state index is 13.9. The van der Waals surface area contributed by atoms with Crippen molar-refractivity contribution in [2.45, 2.75) is 51.4 Å². The van der Waals surface area contributed by atoms with E-state index in [0.717, 1.165) is 6.92 Å². The third-order valence-corrected chi connectivity index (χ3v) is 3.89. The summed E-state index contributed by atoms with van der Waals surface area (Å²) >= 11 is 0. The maximum Gasteiger partial charge on any atom is 0.400 e. The van der Waals surface area contributed by atoms with Gasteiger partial charge < -0.3 is 0 Å². The largest absolute Gasteiger partial charge is 0.400 e. The van der Waals surface area contributed by atoms with Gasteiger partial charge in [-0.3, -0.25) is 0 Å². The van der Waals surface area contributed by atoms with Crippen molar-refractivity contribution in [1.82, 2.24) is 0 Å². The zero-order valence-corrected chi connectivity index (χ0v) is 10.5. The van der Waals surface area contributed by atoms with E-state index in [-0.39, 0.29) is 13.8 Å². The number of hydrogen-bond donors (Lipinski definition) is 0. The molecule has 0 bridgehead atoms. The summed E-state index contributed by atoms with van der Waals surface area (Å²) in [6.45, 7) is 1.13. The van der Waals surface area contributed by atoms with Gasteiger partial charge in [0.05, 0.1) is 0 Å². The van der Waals surface area contributed by atoms with Crippen LogP contribution in [0.15, 0.2) is 0 Å². The van der Waals surface area contributed by atoms with Gasteiger partial charge >= 0.3 is 6.18 Å². The normalized spacial score (nSPS) is 40.3. The average molecular weight is 298 g/mol. The van der Waals surface area contributed by atoms with Crippen molar-refractivity contribution in [3.8, 4) is 0 Å². The Labute approximate surface area is 105 Å². The third-order valence-electron chi connectivity index (χ3n) is 3.89. The molecule has 0 spiro atoms. The average Bonchev–Trinajstić information content (AvgIpc) is 2.10. The minimum absolute atomic E-state index is 0.0208. The molecule has 0 saturated heterocycles. The Bertz CT molecular complexity index is 342. The molecule has 1 fully saturated rings. The van der Waals surface area contributed by atoms with Crippen molar-refractivity contribution < 1.29 is 35.1 Å². The molecular formula is C11H14F8. The Morgan fingerprint density at radius 3 is 1.79 bits per heavy atom. The smallest absolute Gasteiger partial charge is 0.246 e. The van der Waals surface area contributed by atoms with Crippen LogP contribution in [0, 0.1) is 17.3 Å². The van der Waals surface area contributed by atoms with Gasteiger partial charge in [0.1, 0.15) is 17.5 Å². The van der Waals surface area contributed by atoms with E-state index >= 15 is 0 Å². The van der Waals surface area contributed by atoms with Crippen molar-refractivity contribution >= 4 is 0 Å². The second-order valence-electron chi connectivity index (χ2n) is 5.51. The molecule has 114 valence electrons. The van der Waals surface area contributed by atoms with Crippen LogP contribution in [0.1, 0.15) is 27.2 Å². The lowest BCUT2D eigenvalue weighted by Gasteiger charge is -2.51. The molecule has 1 aliphatic carbocycles. The van der Waals surface area contributed by atoms with E-state index in [1.54, 1.807) is 0 Å². The molecule has 0 nitrogen and oxygen atoms in total.